The van der Waals surface area contributed by atoms with Gasteiger partial charge in [-0.1, -0.05) is 6.07 Å². The van der Waals surface area contributed by atoms with E-state index in [1.165, 1.54) is 18.3 Å². The molecule has 0 radical (unpaired) electrons. The van der Waals surface area contributed by atoms with Crippen LogP contribution in [0.5, 0.6) is 0 Å². The van der Waals surface area contributed by atoms with E-state index in [4.69, 9.17) is 0 Å². The van der Waals surface area contributed by atoms with Crippen molar-refractivity contribution >= 4 is 28.9 Å². The first kappa shape index (κ1) is 18.8. The minimum absolute atomic E-state index is 0.0183. The maximum atomic E-state index is 12.5. The van der Waals surface area contributed by atoms with E-state index in [0.29, 0.717) is 16.2 Å². The maximum absolute atomic E-state index is 12.5. The molecule has 2 aliphatic rings. The first-order valence-electron chi connectivity index (χ1n) is 9.55. The number of aromatic nitrogens is 1. The van der Waals surface area contributed by atoms with Crippen molar-refractivity contribution in [1.29, 1.82) is 0 Å². The maximum Gasteiger partial charge on any atom is 0.261 e. The third-order valence-corrected chi connectivity index (χ3v) is 7.05. The molecule has 1 atom stereocenters. The summed E-state index contributed by atoms with van der Waals surface area (Å²) < 4.78 is 0. The molecule has 1 saturated heterocycles. The van der Waals surface area contributed by atoms with Gasteiger partial charge in [0.15, 0.2) is 5.78 Å². The van der Waals surface area contributed by atoms with Crippen LogP contribution in [-0.2, 0) is 11.2 Å². The number of carbonyl (C=O) groups excluding carboxylic acids is 3. The van der Waals surface area contributed by atoms with Crippen LogP contribution in [0.25, 0.3) is 0 Å². The van der Waals surface area contributed by atoms with Gasteiger partial charge in [0, 0.05) is 31.5 Å². The Bertz CT molecular complexity index is 901. The third kappa shape index (κ3) is 3.85. The number of hydrogen-bond acceptors (Lipinski definition) is 5. The van der Waals surface area contributed by atoms with E-state index in [-0.39, 0.29) is 29.1 Å². The van der Waals surface area contributed by atoms with Crippen molar-refractivity contribution < 1.29 is 14.4 Å². The van der Waals surface area contributed by atoms with Gasteiger partial charge in [0.1, 0.15) is 0 Å². The molecule has 1 aliphatic carbocycles. The highest BCUT2D eigenvalue weighted by atomic mass is 32.1. The van der Waals surface area contributed by atoms with E-state index in [2.05, 4.69) is 10.3 Å². The quantitative estimate of drug-likeness (QED) is 0.787. The number of piperidine rings is 1. The van der Waals surface area contributed by atoms with Crippen molar-refractivity contribution in [2.75, 3.05) is 13.1 Å². The molecule has 4 rings (SSSR count). The van der Waals surface area contributed by atoms with Gasteiger partial charge >= 0.3 is 0 Å². The number of amides is 2. The number of thiophene rings is 1. The fraction of sp³-hybridized carbons (Fsp3) is 0.429. The minimum Gasteiger partial charge on any atom is -0.348 e. The second-order valence-corrected chi connectivity index (χ2v) is 8.82. The highest BCUT2D eigenvalue weighted by molar-refractivity contribution is 7.15. The fourth-order valence-electron chi connectivity index (χ4n) is 3.97. The van der Waals surface area contributed by atoms with Crippen molar-refractivity contribution in [2.45, 2.75) is 38.6 Å². The third-order valence-electron chi connectivity index (χ3n) is 5.86. The predicted octanol–water partition coefficient (Wildman–Crippen LogP) is 2.70. The van der Waals surface area contributed by atoms with Crippen LogP contribution in [0, 0.1) is 5.41 Å². The fourth-order valence-corrected chi connectivity index (χ4v) is 4.78. The molecule has 146 valence electrons. The molecular weight excluding hydrogens is 374 g/mol. The van der Waals surface area contributed by atoms with Crippen LogP contribution in [0.2, 0.25) is 0 Å². The molecule has 1 spiro atoms. The molecule has 2 amide bonds. The monoisotopic (exact) mass is 397 g/mol. The Balaban J connectivity index is 1.27. The summed E-state index contributed by atoms with van der Waals surface area (Å²) in [4.78, 5) is 43.5. The summed E-state index contributed by atoms with van der Waals surface area (Å²) in [5.74, 6) is 0.0177. The summed E-state index contributed by atoms with van der Waals surface area (Å²) in [5, 5.41) is 3.12. The van der Waals surface area contributed by atoms with Gasteiger partial charge in [0.25, 0.3) is 5.91 Å². The van der Waals surface area contributed by atoms with Crippen molar-refractivity contribution in [3.63, 3.8) is 0 Å². The lowest BCUT2D eigenvalue weighted by Gasteiger charge is -2.33. The minimum atomic E-state index is -0.102. The Morgan fingerprint density at radius 2 is 1.96 bits per heavy atom. The van der Waals surface area contributed by atoms with Crippen LogP contribution in [0.3, 0.4) is 0 Å². The molecule has 0 bridgehead atoms. The standard InChI is InChI=1S/C21H23N3O3S/c1-14(25)16-4-5-17(28-16)20(27)23-18-12-21(18)6-9-24(10-7-21)19(26)11-15-3-2-8-22-13-15/h2-5,8,13,18H,6-7,9-12H2,1H3,(H,23,27). The van der Waals surface area contributed by atoms with Crippen molar-refractivity contribution in [3.05, 3.63) is 52.0 Å². The lowest BCUT2D eigenvalue weighted by Crippen LogP contribution is -2.42. The number of nitrogens with zero attached hydrogens (tertiary/aromatic N) is 2. The van der Waals surface area contributed by atoms with Gasteiger partial charge in [0.05, 0.1) is 16.2 Å². The lowest BCUT2D eigenvalue weighted by atomic mass is 9.92. The van der Waals surface area contributed by atoms with Gasteiger partial charge in [-0.3, -0.25) is 19.4 Å². The molecule has 0 aromatic carbocycles. The zero-order chi connectivity index (χ0) is 19.7. The second kappa shape index (κ2) is 7.47. The first-order chi connectivity index (χ1) is 13.5. The van der Waals surface area contributed by atoms with Crippen molar-refractivity contribution in [3.8, 4) is 0 Å². The molecule has 1 unspecified atom stereocenters. The topological polar surface area (TPSA) is 79.4 Å². The largest absolute Gasteiger partial charge is 0.348 e. The summed E-state index contributed by atoms with van der Waals surface area (Å²) >= 11 is 1.24. The van der Waals surface area contributed by atoms with E-state index >= 15 is 0 Å². The number of ketones is 1. The summed E-state index contributed by atoms with van der Waals surface area (Å²) in [6, 6.07) is 7.35. The molecule has 7 heteroatoms. The van der Waals surface area contributed by atoms with Gasteiger partial charge < -0.3 is 10.2 Å². The summed E-state index contributed by atoms with van der Waals surface area (Å²) in [6.45, 7) is 2.98. The smallest absolute Gasteiger partial charge is 0.261 e. The zero-order valence-electron chi connectivity index (χ0n) is 15.8. The van der Waals surface area contributed by atoms with Gasteiger partial charge in [0.2, 0.25) is 5.91 Å². The van der Waals surface area contributed by atoms with E-state index in [9.17, 15) is 14.4 Å². The van der Waals surface area contributed by atoms with Crippen LogP contribution < -0.4 is 5.32 Å². The Hall–Kier alpha value is -2.54. The Morgan fingerprint density at radius 3 is 2.61 bits per heavy atom. The summed E-state index contributed by atoms with van der Waals surface area (Å²) in [6.07, 6.45) is 6.63. The number of nitrogens with one attached hydrogen (secondary N) is 1. The van der Waals surface area contributed by atoms with Crippen molar-refractivity contribution in [1.82, 2.24) is 15.2 Å². The molecule has 2 aromatic heterocycles. The number of rotatable bonds is 5. The van der Waals surface area contributed by atoms with Crippen LogP contribution >= 0.6 is 11.3 Å². The van der Waals surface area contributed by atoms with Gasteiger partial charge in [-0.25, -0.2) is 0 Å². The van der Waals surface area contributed by atoms with Crippen molar-refractivity contribution in [2.24, 2.45) is 5.41 Å². The average molecular weight is 398 g/mol. The van der Waals surface area contributed by atoms with Gasteiger partial charge in [-0.15, -0.1) is 11.3 Å². The molecule has 1 saturated carbocycles. The number of hydrogen-bond donors (Lipinski definition) is 1. The molecule has 1 aliphatic heterocycles. The molecule has 1 N–H and O–H groups in total. The summed E-state index contributed by atoms with van der Waals surface area (Å²) in [7, 11) is 0. The van der Waals surface area contributed by atoms with E-state index in [0.717, 1.165) is 37.9 Å². The number of carbonyl (C=O) groups is 3. The Labute approximate surface area is 168 Å². The molecular formula is C21H23N3O3S. The van der Waals surface area contributed by atoms with Gasteiger partial charge in [-0.2, -0.15) is 0 Å². The molecule has 3 heterocycles. The van der Waals surface area contributed by atoms with Crippen LogP contribution in [0.4, 0.5) is 0 Å². The molecule has 28 heavy (non-hydrogen) atoms. The van der Waals surface area contributed by atoms with Crippen LogP contribution in [0.1, 0.15) is 51.1 Å². The van der Waals surface area contributed by atoms with Crippen LogP contribution in [0.15, 0.2) is 36.7 Å². The predicted molar refractivity (Wildman–Crippen MR) is 106 cm³/mol. The highest BCUT2D eigenvalue weighted by Crippen LogP contribution is 2.54. The Morgan fingerprint density at radius 1 is 1.21 bits per heavy atom. The number of Topliss-reactive ketones (excluding diaryl/α,β-unsaturated/α-hetero) is 1. The summed E-state index contributed by atoms with van der Waals surface area (Å²) in [5.41, 5.74) is 1.06. The highest BCUT2D eigenvalue weighted by Gasteiger charge is 2.55. The molecule has 2 fully saturated rings. The average Bonchev–Trinajstić information content (AvgIpc) is 3.12. The number of pyridine rings is 1. The van der Waals surface area contributed by atoms with E-state index in [1.807, 2.05) is 17.0 Å². The van der Waals surface area contributed by atoms with Gasteiger partial charge in [-0.05, 0) is 55.4 Å². The molecule has 6 nitrogen and oxygen atoms in total. The Kier molecular flexibility index (Phi) is 5.02. The SMILES string of the molecule is CC(=O)c1ccc(C(=O)NC2CC23CCN(C(=O)Cc2cccnc2)CC3)s1. The number of likely N-dealkylation sites (tertiary alicyclic amines) is 1. The normalized spacial score (nSPS) is 20.0. The zero-order valence-corrected chi connectivity index (χ0v) is 16.6. The lowest BCUT2D eigenvalue weighted by molar-refractivity contribution is -0.132. The van der Waals surface area contributed by atoms with E-state index < -0.39 is 0 Å². The van der Waals surface area contributed by atoms with E-state index in [1.54, 1.807) is 24.5 Å². The first-order valence-corrected chi connectivity index (χ1v) is 10.4. The van der Waals surface area contributed by atoms with Crippen LogP contribution in [-0.4, -0.2) is 46.6 Å². The second-order valence-electron chi connectivity index (χ2n) is 7.73. The molecule has 2 aromatic rings.